The van der Waals surface area contributed by atoms with Crippen molar-refractivity contribution in [2.75, 3.05) is 92.1 Å². The first-order chi connectivity index (χ1) is 36.2. The van der Waals surface area contributed by atoms with Gasteiger partial charge in [-0.3, -0.25) is 29.0 Å². The molecule has 404 valence electrons. The average Bonchev–Trinajstić information content (AvgIpc) is 4.21. The summed E-state index contributed by atoms with van der Waals surface area (Å²) in [6.45, 7) is 13.0. The fourth-order valence-corrected chi connectivity index (χ4v) is 11.5. The van der Waals surface area contributed by atoms with E-state index in [1.165, 1.54) is 36.0 Å². The van der Waals surface area contributed by atoms with Crippen molar-refractivity contribution < 1.29 is 42.6 Å². The first-order valence-corrected chi connectivity index (χ1v) is 27.5. The van der Waals surface area contributed by atoms with Crippen LogP contribution in [-0.2, 0) is 30.3 Å². The minimum absolute atomic E-state index is 0.0695. The maximum absolute atomic E-state index is 14.5. The number of fused-ring (bicyclic) bond motifs is 2. The topological polar surface area (TPSA) is 193 Å². The number of likely N-dealkylation sites (N-methyl/N-ethyl adjacent to an activating group) is 2. The van der Waals surface area contributed by atoms with Gasteiger partial charge in [0.05, 0.1) is 62.7 Å². The molecular formula is C55H73FN10O8S. The Labute approximate surface area is 443 Å². The van der Waals surface area contributed by atoms with Crippen LogP contribution in [0.2, 0.25) is 0 Å². The van der Waals surface area contributed by atoms with E-state index in [2.05, 4.69) is 40.5 Å². The second kappa shape index (κ2) is 25.8. The minimum atomic E-state index is -0.705. The normalized spacial score (nSPS) is 21.4. The molecule has 8 rings (SSSR count). The number of rotatable bonds is 20. The monoisotopic (exact) mass is 1050 g/mol. The van der Waals surface area contributed by atoms with Crippen LogP contribution in [0, 0.1) is 18.7 Å². The molecule has 0 spiro atoms. The first-order valence-electron chi connectivity index (χ1n) is 26.5. The third-order valence-corrected chi connectivity index (χ3v) is 16.1. The number of benzene rings is 2. The van der Waals surface area contributed by atoms with Crippen molar-refractivity contribution in [1.29, 1.82) is 0 Å². The lowest BCUT2D eigenvalue weighted by atomic mass is 9.88. The molecule has 4 aliphatic rings. The van der Waals surface area contributed by atoms with Gasteiger partial charge < -0.3 is 44.4 Å². The van der Waals surface area contributed by atoms with E-state index in [9.17, 15) is 28.4 Å². The maximum Gasteiger partial charge on any atom is 0.259 e. The highest BCUT2D eigenvalue weighted by molar-refractivity contribution is 8.14. The van der Waals surface area contributed by atoms with E-state index >= 15 is 0 Å². The van der Waals surface area contributed by atoms with Gasteiger partial charge in [0.25, 0.3) is 5.91 Å². The number of thioether (sulfide) groups is 1. The van der Waals surface area contributed by atoms with Crippen molar-refractivity contribution in [2.24, 2.45) is 10.9 Å². The minimum Gasteiger partial charge on any atom is -0.489 e. The van der Waals surface area contributed by atoms with Crippen molar-refractivity contribution in [3.63, 3.8) is 0 Å². The number of likely N-dealkylation sites (tertiary alicyclic amines) is 2. The Balaban J connectivity index is 0.757. The summed E-state index contributed by atoms with van der Waals surface area (Å²) in [6, 6.07) is 11.6. The van der Waals surface area contributed by atoms with Gasteiger partial charge in [-0.2, -0.15) is 5.10 Å². The average molecular weight is 1050 g/mol. The number of carbonyl (C=O) groups is 5. The van der Waals surface area contributed by atoms with E-state index in [-0.39, 0.29) is 73.0 Å². The Kier molecular flexibility index (Phi) is 19.1. The lowest BCUT2D eigenvalue weighted by molar-refractivity contribution is -0.138. The second-order valence-electron chi connectivity index (χ2n) is 20.4. The molecule has 4 amide bonds. The van der Waals surface area contributed by atoms with Crippen LogP contribution in [-0.4, -0.2) is 191 Å². The van der Waals surface area contributed by atoms with Crippen LogP contribution < -0.4 is 15.4 Å². The molecule has 0 saturated carbocycles. The largest absolute Gasteiger partial charge is 0.489 e. The predicted molar refractivity (Wildman–Crippen MR) is 285 cm³/mol. The molecule has 0 aliphatic carbocycles. The lowest BCUT2D eigenvalue weighted by Gasteiger charge is -2.38. The molecule has 2 aromatic carbocycles. The summed E-state index contributed by atoms with van der Waals surface area (Å²) in [5.41, 5.74) is 4.39. The zero-order valence-corrected chi connectivity index (χ0v) is 45.0. The molecule has 2 N–H and O–H groups in total. The van der Waals surface area contributed by atoms with Crippen LogP contribution in [0.1, 0.15) is 96.3 Å². The summed E-state index contributed by atoms with van der Waals surface area (Å²) in [5.74, 6) is 0.0405. The third-order valence-electron chi connectivity index (χ3n) is 14.9. The molecule has 1 unspecified atom stereocenters. The standard InChI is InChI=1S/C55H73FN10O8S/c1-35-9-14-47-43(30-35)36(2)31-42-17-22-66-51(59-42)44(32-58-66)54(70)64(33-37(3)74-47)24-23-62(6)48(67)18-26-72-28-29-73-27-25-63-20-15-39(16-21-63)49(61-52(69)38(4)57-5)55(71)65-19-7-8-46(65)53-60-45(34-75-53)50(68)40-10-12-41(56)13-11-40/h9-14,17,22,30,32,36-39,45-46,49,57H,7-8,15-16,18-21,23-29,31,33-34H2,1-6H3,(H,61,69)/t36-,37-,38-,45?,46-,49-/m0/s1. The maximum atomic E-state index is 14.5. The van der Waals surface area contributed by atoms with Crippen LogP contribution in [0.5, 0.6) is 5.75 Å². The summed E-state index contributed by atoms with van der Waals surface area (Å²) in [4.78, 5) is 85.6. The number of nitrogens with zero attached hydrogens (tertiary/aromatic N) is 8. The van der Waals surface area contributed by atoms with Crippen LogP contribution >= 0.6 is 11.8 Å². The van der Waals surface area contributed by atoms with Crippen LogP contribution in [0.25, 0.3) is 5.65 Å². The van der Waals surface area contributed by atoms with Gasteiger partial charge in [-0.25, -0.2) is 13.9 Å². The number of amides is 4. The summed E-state index contributed by atoms with van der Waals surface area (Å²) < 4.78 is 33.4. The lowest BCUT2D eigenvalue weighted by Crippen LogP contribution is -2.58. The molecule has 2 aromatic heterocycles. The van der Waals surface area contributed by atoms with Gasteiger partial charge in [0.1, 0.15) is 35.3 Å². The van der Waals surface area contributed by atoms with Crippen molar-refractivity contribution in [3.8, 4) is 5.75 Å². The van der Waals surface area contributed by atoms with Crippen LogP contribution in [0.3, 0.4) is 0 Å². The van der Waals surface area contributed by atoms with Crippen molar-refractivity contribution in [2.45, 2.75) is 102 Å². The molecule has 4 aliphatic heterocycles. The molecule has 6 heterocycles. The number of piperidine rings is 1. The molecule has 2 saturated heterocycles. The van der Waals surface area contributed by atoms with Gasteiger partial charge in [-0.15, -0.1) is 11.8 Å². The number of ketones is 1. The Bertz CT molecular complexity index is 2680. The number of carbonyl (C=O) groups excluding carboxylic acids is 5. The quantitative estimate of drug-likeness (QED) is 0.0906. The zero-order chi connectivity index (χ0) is 53.2. The van der Waals surface area contributed by atoms with Gasteiger partial charge in [0.15, 0.2) is 11.4 Å². The summed E-state index contributed by atoms with van der Waals surface area (Å²) >= 11 is 1.49. The predicted octanol–water partition coefficient (Wildman–Crippen LogP) is 4.82. The highest BCUT2D eigenvalue weighted by atomic mass is 32.2. The number of aliphatic imine (C=N–C) groups is 1. The fourth-order valence-electron chi connectivity index (χ4n) is 10.3. The number of ether oxygens (including phenoxy) is 3. The molecule has 2 bridgehead atoms. The summed E-state index contributed by atoms with van der Waals surface area (Å²) in [5, 5.41) is 11.3. The van der Waals surface area contributed by atoms with Crippen molar-refractivity contribution in [3.05, 3.63) is 94.7 Å². The molecule has 18 nitrogen and oxygen atoms in total. The van der Waals surface area contributed by atoms with E-state index in [1.807, 2.05) is 36.2 Å². The Morgan fingerprint density at radius 2 is 1.73 bits per heavy atom. The molecule has 6 atom stereocenters. The second-order valence-corrected chi connectivity index (χ2v) is 21.4. The van der Waals surface area contributed by atoms with Crippen LogP contribution in [0.4, 0.5) is 4.39 Å². The molecular weight excluding hydrogens is 980 g/mol. The van der Waals surface area contributed by atoms with E-state index in [4.69, 9.17) is 24.2 Å². The first kappa shape index (κ1) is 55.4. The van der Waals surface area contributed by atoms with Crippen molar-refractivity contribution in [1.82, 2.24) is 44.8 Å². The Morgan fingerprint density at radius 3 is 2.49 bits per heavy atom. The third kappa shape index (κ3) is 14.0. The molecule has 0 radical (unpaired) electrons. The van der Waals surface area contributed by atoms with E-state index < -0.39 is 23.9 Å². The number of Topliss-reactive ketones (excluding diaryl/α,β-unsaturated/α-hetero) is 1. The van der Waals surface area contributed by atoms with E-state index in [0.717, 1.165) is 66.4 Å². The molecule has 4 aromatic rings. The van der Waals surface area contributed by atoms with E-state index in [1.54, 1.807) is 41.5 Å². The van der Waals surface area contributed by atoms with E-state index in [0.29, 0.717) is 74.9 Å². The smallest absolute Gasteiger partial charge is 0.259 e. The number of nitrogens with one attached hydrogen (secondary N) is 2. The van der Waals surface area contributed by atoms with Gasteiger partial charge in [-0.05, 0) is 127 Å². The van der Waals surface area contributed by atoms with Gasteiger partial charge in [-0.1, -0.05) is 24.6 Å². The van der Waals surface area contributed by atoms with Gasteiger partial charge in [0, 0.05) is 56.4 Å². The number of aryl methyl sites for hydroxylation is 1. The summed E-state index contributed by atoms with van der Waals surface area (Å²) in [6.07, 6.45) is 6.86. The Hall–Kier alpha value is -5.80. The number of hydrogen-bond donors (Lipinski definition) is 2. The molecule has 75 heavy (non-hydrogen) atoms. The van der Waals surface area contributed by atoms with Crippen molar-refractivity contribution >= 4 is 51.9 Å². The highest BCUT2D eigenvalue weighted by Crippen LogP contribution is 2.34. The SMILES string of the molecule is CN[C@@H](C)C(=O)N[C@H](C(=O)N1CCC[C@H]1C1=NC(C(=O)c2ccc(F)cc2)CS1)C1CCN(CCOCCOCCC(=O)N(C)CCN2C[C@H](C)Oc3ccc(C)cc3[C@@H](C)Cc3ccn4ncc(c4n3)C2=O)CC1. The summed E-state index contributed by atoms with van der Waals surface area (Å²) in [7, 11) is 3.45. The fraction of sp³-hybridized carbons (Fsp3) is 0.564. The number of halogens is 1. The number of aromatic nitrogens is 3. The Morgan fingerprint density at radius 1 is 0.973 bits per heavy atom. The van der Waals surface area contributed by atoms with Crippen LogP contribution in [0.15, 0.2) is 65.9 Å². The molecule has 20 heteroatoms. The highest BCUT2D eigenvalue weighted by Gasteiger charge is 2.43. The zero-order valence-electron chi connectivity index (χ0n) is 44.2. The number of hydrogen-bond acceptors (Lipinski definition) is 14. The van der Waals surface area contributed by atoms with Gasteiger partial charge >= 0.3 is 0 Å². The van der Waals surface area contributed by atoms with Gasteiger partial charge in [0.2, 0.25) is 17.7 Å². The molecule has 2 fully saturated rings.